The van der Waals surface area contributed by atoms with Gasteiger partial charge in [0.15, 0.2) is 22.5 Å². The summed E-state index contributed by atoms with van der Waals surface area (Å²) < 4.78 is 1.99. The van der Waals surface area contributed by atoms with Crippen LogP contribution in [0.2, 0.25) is 5.15 Å². The zero-order chi connectivity index (χ0) is 26.3. The van der Waals surface area contributed by atoms with Crippen LogP contribution in [0.1, 0.15) is 66.5 Å². The molecule has 3 fully saturated rings. The van der Waals surface area contributed by atoms with Crippen LogP contribution in [0.5, 0.6) is 0 Å². The summed E-state index contributed by atoms with van der Waals surface area (Å²) in [6.45, 7) is 12.3. The second-order valence-electron chi connectivity index (χ2n) is 10.8. The third-order valence-corrected chi connectivity index (χ3v) is 8.61. The highest BCUT2D eigenvalue weighted by Crippen LogP contribution is 2.30. The molecule has 3 N–H and O–H groups in total. The molecule has 0 unspecified atom stereocenters. The Morgan fingerprint density at radius 2 is 1.84 bits per heavy atom. The number of aryl methyl sites for hydroxylation is 2. The molecule has 202 valence electrons. The maximum atomic E-state index is 12.5. The predicted octanol–water partition coefficient (Wildman–Crippen LogP) is 2.52. The first-order valence-corrected chi connectivity index (χ1v) is 14.0. The van der Waals surface area contributed by atoms with Crippen LogP contribution in [0, 0.1) is 13.8 Å². The van der Waals surface area contributed by atoms with E-state index in [0.717, 1.165) is 64.2 Å². The van der Waals surface area contributed by atoms with E-state index in [2.05, 4.69) is 55.9 Å². The summed E-state index contributed by atoms with van der Waals surface area (Å²) in [6.07, 6.45) is 5.39. The van der Waals surface area contributed by atoms with Gasteiger partial charge < -0.3 is 16.0 Å². The minimum Gasteiger partial charge on any atom is -0.382 e. The van der Waals surface area contributed by atoms with Crippen molar-refractivity contribution in [2.24, 2.45) is 7.05 Å². The third-order valence-electron chi connectivity index (χ3n) is 8.36. The monoisotopic (exact) mass is 529 g/mol. The third kappa shape index (κ3) is 5.56. The standard InChI is InChI=1S/C26H40ClN9O/c1-5-19-14-35(25-23(27)30-22(24(28)31-25)26(37)29-18-6-7-18)12-13-36(19)20-8-10-34(11-9-20)15-21-16(2)32-33(4)17(21)3/h18-20H,5-15H2,1-4H3,(H2,28,31)(H,29,37)/t19-/m0/s1. The maximum Gasteiger partial charge on any atom is 0.274 e. The number of rotatable bonds is 7. The number of carbonyl (C=O) groups is 1. The van der Waals surface area contributed by atoms with Crippen molar-refractivity contribution >= 4 is 29.1 Å². The minimum atomic E-state index is -0.294. The highest BCUT2D eigenvalue weighted by atomic mass is 35.5. The molecular weight excluding hydrogens is 490 g/mol. The second-order valence-corrected chi connectivity index (χ2v) is 11.2. The molecule has 1 aliphatic carbocycles. The van der Waals surface area contributed by atoms with Crippen LogP contribution in [-0.2, 0) is 13.6 Å². The van der Waals surface area contributed by atoms with Crippen molar-refractivity contribution in [3.63, 3.8) is 0 Å². The molecule has 11 heteroatoms. The predicted molar refractivity (Wildman–Crippen MR) is 146 cm³/mol. The van der Waals surface area contributed by atoms with Gasteiger partial charge in [0, 0.05) is 62.6 Å². The first kappa shape index (κ1) is 26.2. The van der Waals surface area contributed by atoms with Gasteiger partial charge in [-0.05, 0) is 59.0 Å². The van der Waals surface area contributed by atoms with Gasteiger partial charge in [0.05, 0.1) is 5.69 Å². The van der Waals surface area contributed by atoms with Gasteiger partial charge in [0.25, 0.3) is 5.91 Å². The van der Waals surface area contributed by atoms with Crippen molar-refractivity contribution in [1.29, 1.82) is 0 Å². The van der Waals surface area contributed by atoms with E-state index in [9.17, 15) is 4.79 Å². The first-order chi connectivity index (χ1) is 17.7. The molecule has 1 amide bonds. The summed E-state index contributed by atoms with van der Waals surface area (Å²) in [5, 5.41) is 7.74. The number of likely N-dealkylation sites (tertiary alicyclic amines) is 1. The average molecular weight is 530 g/mol. The number of amides is 1. The van der Waals surface area contributed by atoms with Crippen molar-refractivity contribution in [2.45, 2.75) is 77.5 Å². The Hall–Kier alpha value is -2.43. The summed E-state index contributed by atoms with van der Waals surface area (Å²) >= 11 is 6.54. The molecule has 5 rings (SSSR count). The van der Waals surface area contributed by atoms with E-state index in [-0.39, 0.29) is 28.6 Å². The lowest BCUT2D eigenvalue weighted by Crippen LogP contribution is -2.58. The normalized spacial score (nSPS) is 22.0. The lowest BCUT2D eigenvalue weighted by molar-refractivity contribution is 0.0609. The second kappa shape index (κ2) is 10.7. The zero-order valence-corrected chi connectivity index (χ0v) is 23.3. The fourth-order valence-corrected chi connectivity index (χ4v) is 6.10. The van der Waals surface area contributed by atoms with Gasteiger partial charge in [-0.25, -0.2) is 9.97 Å². The summed E-state index contributed by atoms with van der Waals surface area (Å²) in [6, 6.07) is 1.21. The highest BCUT2D eigenvalue weighted by molar-refractivity contribution is 6.32. The Balaban J connectivity index is 1.19. The average Bonchev–Trinajstić information content (AvgIpc) is 3.67. The molecule has 37 heavy (non-hydrogen) atoms. The topological polar surface area (TPSA) is 108 Å². The van der Waals surface area contributed by atoms with Crippen molar-refractivity contribution < 1.29 is 4.79 Å². The molecule has 0 bridgehead atoms. The van der Waals surface area contributed by atoms with Crippen LogP contribution in [-0.4, -0.2) is 86.3 Å². The lowest BCUT2D eigenvalue weighted by Gasteiger charge is -2.47. The highest BCUT2D eigenvalue weighted by Gasteiger charge is 2.35. The van der Waals surface area contributed by atoms with Crippen LogP contribution >= 0.6 is 11.6 Å². The SMILES string of the molecule is CC[C@H]1CN(c2nc(N)c(C(=O)NC3CC3)nc2Cl)CCN1C1CCN(Cc2c(C)nn(C)c2C)CC1. The Bertz CT molecular complexity index is 1140. The van der Waals surface area contributed by atoms with Crippen molar-refractivity contribution in [3.8, 4) is 0 Å². The van der Waals surface area contributed by atoms with Crippen molar-refractivity contribution in [3.05, 3.63) is 27.8 Å². The van der Waals surface area contributed by atoms with Gasteiger partial charge in [0.1, 0.15) is 0 Å². The summed E-state index contributed by atoms with van der Waals surface area (Å²) in [4.78, 5) is 28.8. The van der Waals surface area contributed by atoms with Crippen molar-refractivity contribution in [2.75, 3.05) is 43.4 Å². The Kier molecular flexibility index (Phi) is 7.60. The summed E-state index contributed by atoms with van der Waals surface area (Å²) in [5.74, 6) is 0.425. The molecule has 1 saturated carbocycles. The van der Waals surface area contributed by atoms with E-state index in [0.29, 0.717) is 17.9 Å². The smallest absolute Gasteiger partial charge is 0.274 e. The number of halogens is 1. The van der Waals surface area contributed by atoms with Gasteiger partial charge in [-0.15, -0.1) is 0 Å². The number of piperidine rings is 1. The van der Waals surface area contributed by atoms with Crippen LogP contribution in [0.4, 0.5) is 11.6 Å². The number of hydrogen-bond acceptors (Lipinski definition) is 8. The van der Waals surface area contributed by atoms with E-state index in [1.165, 1.54) is 24.1 Å². The number of nitrogens with two attached hydrogens (primary N) is 1. The molecule has 0 spiro atoms. The number of nitrogen functional groups attached to an aromatic ring is 1. The molecule has 1 atom stereocenters. The molecule has 10 nitrogen and oxygen atoms in total. The van der Waals surface area contributed by atoms with Gasteiger partial charge in [-0.3, -0.25) is 19.3 Å². The first-order valence-electron chi connectivity index (χ1n) is 13.6. The van der Waals surface area contributed by atoms with Crippen LogP contribution in [0.25, 0.3) is 0 Å². The van der Waals surface area contributed by atoms with E-state index in [1.54, 1.807) is 0 Å². The van der Waals surface area contributed by atoms with Crippen LogP contribution in [0.15, 0.2) is 0 Å². The van der Waals surface area contributed by atoms with E-state index >= 15 is 0 Å². The Morgan fingerprint density at radius 3 is 2.46 bits per heavy atom. The molecule has 2 aromatic heterocycles. The number of piperazine rings is 1. The zero-order valence-electron chi connectivity index (χ0n) is 22.5. The van der Waals surface area contributed by atoms with Crippen molar-refractivity contribution in [1.82, 2.24) is 34.9 Å². The number of carbonyl (C=O) groups excluding carboxylic acids is 1. The molecule has 2 saturated heterocycles. The van der Waals surface area contributed by atoms with Crippen LogP contribution in [0.3, 0.4) is 0 Å². The van der Waals surface area contributed by atoms with Gasteiger partial charge in [-0.1, -0.05) is 18.5 Å². The lowest BCUT2D eigenvalue weighted by atomic mass is 9.97. The number of aromatic nitrogens is 4. The van der Waals surface area contributed by atoms with Gasteiger partial charge in [-0.2, -0.15) is 5.10 Å². The molecule has 3 aliphatic rings. The van der Waals surface area contributed by atoms with Gasteiger partial charge >= 0.3 is 0 Å². The van der Waals surface area contributed by atoms with Crippen LogP contribution < -0.4 is 16.0 Å². The van der Waals surface area contributed by atoms with E-state index in [1.807, 2.05) is 11.7 Å². The fraction of sp³-hybridized carbons (Fsp3) is 0.692. The number of hydrogen-bond donors (Lipinski definition) is 2. The molecule has 2 aromatic rings. The Labute approximate surface area is 224 Å². The number of anilines is 2. The number of nitrogens with zero attached hydrogens (tertiary/aromatic N) is 7. The minimum absolute atomic E-state index is 0.120. The van der Waals surface area contributed by atoms with E-state index < -0.39 is 0 Å². The summed E-state index contributed by atoms with van der Waals surface area (Å²) in [5.41, 5.74) is 10.0. The molecule has 0 aromatic carbocycles. The fourth-order valence-electron chi connectivity index (χ4n) is 5.85. The summed E-state index contributed by atoms with van der Waals surface area (Å²) in [7, 11) is 2.02. The molecular formula is C26H40ClN9O. The number of nitrogens with one attached hydrogen (secondary N) is 1. The largest absolute Gasteiger partial charge is 0.382 e. The maximum absolute atomic E-state index is 12.5. The molecule has 4 heterocycles. The molecule has 2 aliphatic heterocycles. The van der Waals surface area contributed by atoms with Gasteiger partial charge in [0.2, 0.25) is 0 Å². The quantitative estimate of drug-likeness (QED) is 0.563. The van der Waals surface area contributed by atoms with E-state index in [4.69, 9.17) is 17.3 Å². The Morgan fingerprint density at radius 1 is 1.11 bits per heavy atom. The molecule has 0 radical (unpaired) electrons.